The predicted octanol–water partition coefficient (Wildman–Crippen LogP) is 1.26. The Labute approximate surface area is 55.2 Å². The molecule has 0 aliphatic heterocycles. The van der Waals surface area contributed by atoms with Crippen molar-refractivity contribution >= 4 is 6.47 Å². The highest BCUT2D eigenvalue weighted by atomic mass is 16.5. The number of hydrogen-bond acceptors (Lipinski definition) is 2. The van der Waals surface area contributed by atoms with Crippen molar-refractivity contribution in [3.8, 4) is 0 Å². The molecular formula is C7H11O2. The highest BCUT2D eigenvalue weighted by Crippen LogP contribution is 2.24. The monoisotopic (exact) mass is 127 g/mol. The summed E-state index contributed by atoms with van der Waals surface area (Å²) in [6.07, 6.45) is 5.04. The minimum atomic E-state index is 0.587. The summed E-state index contributed by atoms with van der Waals surface area (Å²) < 4.78 is 4.51. The summed E-state index contributed by atoms with van der Waals surface area (Å²) in [7, 11) is 0. The lowest BCUT2D eigenvalue weighted by atomic mass is 10.1. The standard InChI is InChI=1S/C7H11O2/c8-6-9-5-7-3-1-2-4-7/h7H,1-5H2. The molecule has 0 aromatic heterocycles. The van der Waals surface area contributed by atoms with Gasteiger partial charge in [-0.3, -0.25) is 0 Å². The molecule has 0 unspecified atom stereocenters. The summed E-state index contributed by atoms with van der Waals surface area (Å²) in [4.78, 5) is 9.61. The van der Waals surface area contributed by atoms with Crippen LogP contribution in [0.5, 0.6) is 0 Å². The molecule has 0 saturated heterocycles. The van der Waals surface area contributed by atoms with Gasteiger partial charge in [-0.15, -0.1) is 0 Å². The van der Waals surface area contributed by atoms with Crippen LogP contribution in [0.4, 0.5) is 0 Å². The van der Waals surface area contributed by atoms with E-state index in [2.05, 4.69) is 4.74 Å². The molecule has 1 radical (unpaired) electrons. The molecule has 0 atom stereocenters. The van der Waals surface area contributed by atoms with Gasteiger partial charge in [-0.25, -0.2) is 4.79 Å². The van der Waals surface area contributed by atoms with Crippen LogP contribution in [0.1, 0.15) is 25.7 Å². The van der Waals surface area contributed by atoms with Crippen LogP contribution < -0.4 is 0 Å². The predicted molar refractivity (Wildman–Crippen MR) is 33.6 cm³/mol. The Bertz CT molecular complexity index is 84.9. The molecule has 0 heterocycles. The number of carbonyl (C=O) groups excluding carboxylic acids is 1. The van der Waals surface area contributed by atoms with Crippen molar-refractivity contribution in [3.63, 3.8) is 0 Å². The van der Waals surface area contributed by atoms with Crippen LogP contribution in [0.25, 0.3) is 0 Å². The molecule has 9 heavy (non-hydrogen) atoms. The lowest BCUT2D eigenvalue weighted by molar-refractivity contribution is 0.225. The van der Waals surface area contributed by atoms with E-state index in [1.165, 1.54) is 32.2 Å². The molecule has 0 aromatic carbocycles. The first-order chi connectivity index (χ1) is 4.43. The van der Waals surface area contributed by atoms with Gasteiger partial charge in [-0.05, 0) is 18.8 Å². The van der Waals surface area contributed by atoms with Gasteiger partial charge in [0, 0.05) is 0 Å². The second-order valence-electron chi connectivity index (χ2n) is 2.54. The Morgan fingerprint density at radius 2 is 2.11 bits per heavy atom. The Balaban J connectivity index is 2.04. The molecule has 1 rings (SSSR count). The van der Waals surface area contributed by atoms with Crippen LogP contribution in [-0.4, -0.2) is 13.1 Å². The zero-order valence-electron chi connectivity index (χ0n) is 5.43. The zero-order valence-corrected chi connectivity index (χ0v) is 5.43. The van der Waals surface area contributed by atoms with Crippen molar-refractivity contribution in [2.24, 2.45) is 5.92 Å². The van der Waals surface area contributed by atoms with E-state index in [0.717, 1.165) is 0 Å². The van der Waals surface area contributed by atoms with E-state index < -0.39 is 0 Å². The highest BCUT2D eigenvalue weighted by molar-refractivity contribution is 5.38. The van der Waals surface area contributed by atoms with Crippen molar-refractivity contribution < 1.29 is 9.53 Å². The first-order valence-electron chi connectivity index (χ1n) is 3.42. The van der Waals surface area contributed by atoms with Crippen LogP contribution in [-0.2, 0) is 9.53 Å². The van der Waals surface area contributed by atoms with Crippen LogP contribution in [0.3, 0.4) is 0 Å². The van der Waals surface area contributed by atoms with Crippen molar-refractivity contribution in [2.75, 3.05) is 6.61 Å². The zero-order chi connectivity index (χ0) is 6.53. The van der Waals surface area contributed by atoms with Gasteiger partial charge >= 0.3 is 6.47 Å². The third-order valence-corrected chi connectivity index (χ3v) is 1.85. The van der Waals surface area contributed by atoms with Gasteiger partial charge in [0.2, 0.25) is 0 Å². The number of rotatable bonds is 3. The molecule has 0 spiro atoms. The molecule has 0 N–H and O–H groups in total. The lowest BCUT2D eigenvalue weighted by Gasteiger charge is -2.03. The fourth-order valence-electron chi connectivity index (χ4n) is 1.33. The molecule has 1 saturated carbocycles. The summed E-state index contributed by atoms with van der Waals surface area (Å²) in [6.45, 7) is 2.03. The Hall–Kier alpha value is -0.530. The summed E-state index contributed by atoms with van der Waals surface area (Å²) in [5.41, 5.74) is 0. The Kier molecular flexibility index (Phi) is 2.55. The average molecular weight is 127 g/mol. The second kappa shape index (κ2) is 3.49. The molecule has 0 amide bonds. The van der Waals surface area contributed by atoms with Crippen LogP contribution >= 0.6 is 0 Å². The van der Waals surface area contributed by atoms with Crippen LogP contribution in [0.15, 0.2) is 0 Å². The minimum Gasteiger partial charge on any atom is -0.457 e. The molecule has 51 valence electrons. The summed E-state index contributed by atoms with van der Waals surface area (Å²) in [6, 6.07) is 0. The van der Waals surface area contributed by atoms with E-state index in [1.54, 1.807) is 0 Å². The van der Waals surface area contributed by atoms with Crippen LogP contribution in [0.2, 0.25) is 0 Å². The molecule has 2 nitrogen and oxygen atoms in total. The second-order valence-corrected chi connectivity index (χ2v) is 2.54. The Morgan fingerprint density at radius 1 is 1.44 bits per heavy atom. The van der Waals surface area contributed by atoms with Crippen molar-refractivity contribution in [1.82, 2.24) is 0 Å². The third kappa shape index (κ3) is 2.04. The maximum absolute atomic E-state index is 9.61. The molecule has 0 aromatic rings. The van der Waals surface area contributed by atoms with E-state index in [4.69, 9.17) is 0 Å². The maximum atomic E-state index is 9.61. The normalized spacial score (nSPS) is 20.0. The summed E-state index contributed by atoms with van der Waals surface area (Å²) >= 11 is 0. The topological polar surface area (TPSA) is 26.3 Å². The average Bonchev–Trinajstić information content (AvgIpc) is 2.34. The van der Waals surface area contributed by atoms with Gasteiger partial charge in [0.1, 0.15) is 0 Å². The third-order valence-electron chi connectivity index (χ3n) is 1.85. The van der Waals surface area contributed by atoms with Gasteiger partial charge < -0.3 is 4.74 Å². The molecule has 0 bridgehead atoms. The molecule has 1 aliphatic carbocycles. The Morgan fingerprint density at radius 3 is 2.67 bits per heavy atom. The quantitative estimate of drug-likeness (QED) is 0.570. The van der Waals surface area contributed by atoms with Crippen molar-refractivity contribution in [1.29, 1.82) is 0 Å². The smallest absolute Gasteiger partial charge is 0.417 e. The van der Waals surface area contributed by atoms with E-state index in [1.807, 2.05) is 0 Å². The SMILES string of the molecule is O=[C]OCC1CCCC1. The van der Waals surface area contributed by atoms with E-state index in [0.29, 0.717) is 12.5 Å². The summed E-state index contributed by atoms with van der Waals surface area (Å²) in [5.74, 6) is 0.631. The van der Waals surface area contributed by atoms with Gasteiger partial charge in [-0.1, -0.05) is 12.8 Å². The van der Waals surface area contributed by atoms with Gasteiger partial charge in [0.25, 0.3) is 0 Å². The van der Waals surface area contributed by atoms with Gasteiger partial charge in [0.05, 0.1) is 6.61 Å². The lowest BCUT2D eigenvalue weighted by Crippen LogP contribution is -2.03. The molecule has 1 fully saturated rings. The molecule has 1 aliphatic rings. The van der Waals surface area contributed by atoms with Crippen molar-refractivity contribution in [2.45, 2.75) is 25.7 Å². The fraction of sp³-hybridized carbons (Fsp3) is 0.857. The van der Waals surface area contributed by atoms with Gasteiger partial charge in [-0.2, -0.15) is 0 Å². The van der Waals surface area contributed by atoms with E-state index in [9.17, 15) is 4.79 Å². The number of hydrogen-bond donors (Lipinski definition) is 0. The van der Waals surface area contributed by atoms with E-state index >= 15 is 0 Å². The molecular weight excluding hydrogens is 116 g/mol. The van der Waals surface area contributed by atoms with Gasteiger partial charge in [0.15, 0.2) is 0 Å². The first kappa shape index (κ1) is 6.59. The summed E-state index contributed by atoms with van der Waals surface area (Å²) in [5, 5.41) is 0. The largest absolute Gasteiger partial charge is 0.457 e. The fourth-order valence-corrected chi connectivity index (χ4v) is 1.33. The molecule has 2 heteroatoms. The van der Waals surface area contributed by atoms with E-state index in [-0.39, 0.29) is 0 Å². The highest BCUT2D eigenvalue weighted by Gasteiger charge is 2.14. The minimum absolute atomic E-state index is 0.587. The van der Waals surface area contributed by atoms with Crippen molar-refractivity contribution in [3.05, 3.63) is 0 Å². The number of ether oxygens (including phenoxy) is 1. The first-order valence-corrected chi connectivity index (χ1v) is 3.42. The van der Waals surface area contributed by atoms with Crippen LogP contribution in [0, 0.1) is 5.92 Å². The maximum Gasteiger partial charge on any atom is 0.417 e.